The Balaban J connectivity index is 1.67. The van der Waals surface area contributed by atoms with Crippen LogP contribution in [0.15, 0.2) is 18.3 Å². The monoisotopic (exact) mass is 293 g/mol. The fraction of sp³-hybridized carbons (Fsp3) is 0.706. The number of halogens is 1. The summed E-state index contributed by atoms with van der Waals surface area (Å²) in [4.78, 5) is 4.23. The number of alkyl halides is 1. The van der Waals surface area contributed by atoms with Crippen LogP contribution in [0.3, 0.4) is 0 Å². The third-order valence-corrected chi connectivity index (χ3v) is 5.39. The topological polar surface area (TPSA) is 22.1 Å². The highest BCUT2D eigenvalue weighted by molar-refractivity contribution is 6.16. The molecule has 2 nitrogen and oxygen atoms in total. The number of fused-ring (bicyclic) bond motifs is 2. The summed E-state index contributed by atoms with van der Waals surface area (Å²) < 4.78 is 6.28. The predicted molar refractivity (Wildman–Crippen MR) is 82.1 cm³/mol. The van der Waals surface area contributed by atoms with Crippen LogP contribution in [-0.2, 0) is 5.88 Å². The molecule has 2 aliphatic rings. The van der Waals surface area contributed by atoms with Crippen LogP contribution in [0, 0.1) is 17.8 Å². The van der Waals surface area contributed by atoms with Crippen molar-refractivity contribution in [1.82, 2.24) is 4.98 Å². The van der Waals surface area contributed by atoms with Crippen molar-refractivity contribution in [3.63, 3.8) is 0 Å². The molecule has 2 fully saturated rings. The molecule has 0 amide bonds. The van der Waals surface area contributed by atoms with Gasteiger partial charge in [0.15, 0.2) is 0 Å². The van der Waals surface area contributed by atoms with E-state index in [1.807, 2.05) is 12.1 Å². The van der Waals surface area contributed by atoms with Crippen LogP contribution in [0.25, 0.3) is 0 Å². The van der Waals surface area contributed by atoms with Gasteiger partial charge in [-0.25, -0.2) is 0 Å². The Hall–Kier alpha value is -0.760. The lowest BCUT2D eigenvalue weighted by Crippen LogP contribution is -2.39. The van der Waals surface area contributed by atoms with E-state index in [4.69, 9.17) is 16.3 Å². The van der Waals surface area contributed by atoms with E-state index in [0.717, 1.165) is 29.2 Å². The molecule has 0 radical (unpaired) electrons. The zero-order valence-corrected chi connectivity index (χ0v) is 13.0. The van der Waals surface area contributed by atoms with Crippen molar-refractivity contribution < 1.29 is 4.74 Å². The van der Waals surface area contributed by atoms with Crippen molar-refractivity contribution in [2.45, 2.75) is 57.4 Å². The first-order chi connectivity index (χ1) is 9.78. The van der Waals surface area contributed by atoms with E-state index in [0.29, 0.717) is 12.0 Å². The van der Waals surface area contributed by atoms with Crippen molar-refractivity contribution in [2.75, 3.05) is 0 Å². The van der Waals surface area contributed by atoms with Crippen LogP contribution in [0.1, 0.15) is 51.1 Å². The maximum Gasteiger partial charge on any atom is 0.123 e. The molecule has 0 spiro atoms. The SMILES string of the molecule is CCC1CC2CCC(Oc3ccnc(CCl)c3)C(C1)C2. The van der Waals surface area contributed by atoms with Crippen molar-refractivity contribution in [1.29, 1.82) is 0 Å². The summed E-state index contributed by atoms with van der Waals surface area (Å²) >= 11 is 5.85. The van der Waals surface area contributed by atoms with Crippen molar-refractivity contribution in [3.05, 3.63) is 24.0 Å². The third-order valence-electron chi connectivity index (χ3n) is 5.11. The Morgan fingerprint density at radius 1 is 1.30 bits per heavy atom. The third kappa shape index (κ3) is 3.11. The van der Waals surface area contributed by atoms with E-state index in [2.05, 4.69) is 11.9 Å². The molecule has 1 aromatic rings. The fourth-order valence-electron chi connectivity index (χ4n) is 4.06. The quantitative estimate of drug-likeness (QED) is 0.744. The summed E-state index contributed by atoms with van der Waals surface area (Å²) in [6.45, 7) is 2.33. The van der Waals surface area contributed by atoms with Crippen LogP contribution < -0.4 is 4.74 Å². The molecule has 0 aromatic carbocycles. The molecule has 2 saturated carbocycles. The molecule has 20 heavy (non-hydrogen) atoms. The minimum Gasteiger partial charge on any atom is -0.490 e. The highest BCUT2D eigenvalue weighted by Crippen LogP contribution is 2.44. The molecule has 110 valence electrons. The average Bonchev–Trinajstić information content (AvgIpc) is 2.50. The van der Waals surface area contributed by atoms with Gasteiger partial charge in [-0.3, -0.25) is 4.98 Å². The van der Waals surface area contributed by atoms with Crippen LogP contribution in [0.2, 0.25) is 0 Å². The molecule has 3 heteroatoms. The molecule has 0 saturated heterocycles. The van der Waals surface area contributed by atoms with Crippen molar-refractivity contribution >= 4 is 11.6 Å². The molecular weight excluding hydrogens is 270 g/mol. The van der Waals surface area contributed by atoms with E-state index in [1.165, 1.54) is 38.5 Å². The Morgan fingerprint density at radius 2 is 2.20 bits per heavy atom. The zero-order valence-electron chi connectivity index (χ0n) is 12.2. The molecule has 1 aromatic heterocycles. The minimum absolute atomic E-state index is 0.395. The van der Waals surface area contributed by atoms with E-state index in [1.54, 1.807) is 6.20 Å². The Kier molecular flexibility index (Phi) is 4.50. The van der Waals surface area contributed by atoms with Gasteiger partial charge in [0.1, 0.15) is 11.9 Å². The van der Waals surface area contributed by atoms with Gasteiger partial charge in [0.2, 0.25) is 0 Å². The summed E-state index contributed by atoms with van der Waals surface area (Å²) in [5.41, 5.74) is 0.896. The fourth-order valence-corrected chi connectivity index (χ4v) is 4.20. The molecule has 4 atom stereocenters. The number of nitrogens with zero attached hydrogens (tertiary/aromatic N) is 1. The van der Waals surface area contributed by atoms with Gasteiger partial charge in [-0.1, -0.05) is 13.3 Å². The Labute approximate surface area is 126 Å². The molecule has 4 unspecified atom stereocenters. The molecule has 0 aliphatic heterocycles. The maximum atomic E-state index is 6.28. The molecule has 2 aliphatic carbocycles. The zero-order chi connectivity index (χ0) is 13.9. The number of rotatable bonds is 4. The number of ether oxygens (including phenoxy) is 1. The van der Waals surface area contributed by atoms with Gasteiger partial charge < -0.3 is 4.74 Å². The number of pyridine rings is 1. The molecule has 2 bridgehead atoms. The second-order valence-electron chi connectivity index (χ2n) is 6.46. The summed E-state index contributed by atoms with van der Waals surface area (Å²) in [5, 5.41) is 0. The van der Waals surface area contributed by atoms with Gasteiger partial charge in [-0.2, -0.15) is 0 Å². The second-order valence-corrected chi connectivity index (χ2v) is 6.72. The molecular formula is C17H24ClNO. The number of hydrogen-bond donors (Lipinski definition) is 0. The molecule has 1 heterocycles. The van der Waals surface area contributed by atoms with Crippen LogP contribution in [-0.4, -0.2) is 11.1 Å². The van der Waals surface area contributed by atoms with Crippen LogP contribution >= 0.6 is 11.6 Å². The lowest BCUT2D eigenvalue weighted by Gasteiger charge is -2.43. The van der Waals surface area contributed by atoms with E-state index < -0.39 is 0 Å². The lowest BCUT2D eigenvalue weighted by atomic mass is 9.66. The Bertz CT molecular complexity index is 450. The number of hydrogen-bond acceptors (Lipinski definition) is 2. The summed E-state index contributed by atoms with van der Waals surface area (Å²) in [6.07, 6.45) is 10.2. The molecule has 3 rings (SSSR count). The normalized spacial score (nSPS) is 32.9. The Morgan fingerprint density at radius 3 is 3.00 bits per heavy atom. The standard InChI is InChI=1S/C17H24ClNO/c1-2-12-7-13-3-4-17(14(8-12)9-13)20-16-5-6-19-15(10-16)11-18/h5-6,10,12-14,17H,2-4,7-9,11H2,1H3. The van der Waals surface area contributed by atoms with Crippen LogP contribution in [0.4, 0.5) is 0 Å². The highest BCUT2D eigenvalue weighted by Gasteiger charge is 2.38. The second kappa shape index (κ2) is 6.34. The van der Waals surface area contributed by atoms with Gasteiger partial charge in [0, 0.05) is 12.3 Å². The first kappa shape index (κ1) is 14.2. The van der Waals surface area contributed by atoms with Gasteiger partial charge in [0.05, 0.1) is 11.6 Å². The van der Waals surface area contributed by atoms with E-state index >= 15 is 0 Å². The highest BCUT2D eigenvalue weighted by atomic mass is 35.5. The predicted octanol–water partition coefficient (Wildman–Crippen LogP) is 4.80. The van der Waals surface area contributed by atoms with Gasteiger partial charge in [-0.05, 0) is 55.9 Å². The lowest BCUT2D eigenvalue weighted by molar-refractivity contribution is 0.0183. The molecule has 0 N–H and O–H groups in total. The van der Waals surface area contributed by atoms with Crippen molar-refractivity contribution in [2.24, 2.45) is 17.8 Å². The summed E-state index contributed by atoms with van der Waals surface area (Å²) in [5.74, 6) is 4.01. The van der Waals surface area contributed by atoms with Crippen molar-refractivity contribution in [3.8, 4) is 5.75 Å². The van der Waals surface area contributed by atoms with E-state index in [9.17, 15) is 0 Å². The summed E-state index contributed by atoms with van der Waals surface area (Å²) in [6, 6.07) is 3.95. The first-order valence-corrected chi connectivity index (χ1v) is 8.49. The van der Waals surface area contributed by atoms with E-state index in [-0.39, 0.29) is 0 Å². The smallest absolute Gasteiger partial charge is 0.123 e. The summed E-state index contributed by atoms with van der Waals surface area (Å²) in [7, 11) is 0. The maximum absolute atomic E-state index is 6.28. The van der Waals surface area contributed by atoms with Gasteiger partial charge in [-0.15, -0.1) is 11.6 Å². The average molecular weight is 294 g/mol. The first-order valence-electron chi connectivity index (χ1n) is 7.96. The van der Waals surface area contributed by atoms with Crippen LogP contribution in [0.5, 0.6) is 5.75 Å². The van der Waals surface area contributed by atoms with Gasteiger partial charge in [0.25, 0.3) is 0 Å². The number of aromatic nitrogens is 1. The minimum atomic E-state index is 0.395. The largest absolute Gasteiger partial charge is 0.490 e. The van der Waals surface area contributed by atoms with Gasteiger partial charge >= 0.3 is 0 Å².